The van der Waals surface area contributed by atoms with Gasteiger partial charge in [0.2, 0.25) is 0 Å². The van der Waals surface area contributed by atoms with Crippen molar-refractivity contribution in [2.45, 2.75) is 26.3 Å². The largest absolute Gasteiger partial charge is 0.497 e. The highest BCUT2D eigenvalue weighted by Crippen LogP contribution is 2.24. The van der Waals surface area contributed by atoms with Crippen LogP contribution in [0.2, 0.25) is 0 Å². The van der Waals surface area contributed by atoms with Crippen molar-refractivity contribution in [3.8, 4) is 17.0 Å². The molecular formula is C21H24N2O2S. The van der Waals surface area contributed by atoms with E-state index < -0.39 is 0 Å². The molecule has 4 nitrogen and oxygen atoms in total. The van der Waals surface area contributed by atoms with Gasteiger partial charge in [-0.15, -0.1) is 11.3 Å². The van der Waals surface area contributed by atoms with Crippen LogP contribution in [0.4, 0.5) is 5.69 Å². The van der Waals surface area contributed by atoms with Crippen molar-refractivity contribution >= 4 is 17.0 Å². The number of thiazole rings is 1. The van der Waals surface area contributed by atoms with Crippen molar-refractivity contribution < 1.29 is 9.84 Å². The van der Waals surface area contributed by atoms with Gasteiger partial charge >= 0.3 is 0 Å². The number of methoxy groups -OCH3 is 1. The summed E-state index contributed by atoms with van der Waals surface area (Å²) in [5.74, 6) is 1.32. The molecule has 0 unspecified atom stereocenters. The first-order valence-corrected chi connectivity index (χ1v) is 9.58. The van der Waals surface area contributed by atoms with Crippen molar-refractivity contribution in [3.05, 3.63) is 64.3 Å². The van der Waals surface area contributed by atoms with E-state index in [1.54, 1.807) is 18.4 Å². The van der Waals surface area contributed by atoms with E-state index in [4.69, 9.17) is 9.73 Å². The van der Waals surface area contributed by atoms with Gasteiger partial charge in [-0.2, -0.15) is 0 Å². The summed E-state index contributed by atoms with van der Waals surface area (Å²) in [4.78, 5) is 5.61. The first-order chi connectivity index (χ1) is 12.6. The van der Waals surface area contributed by atoms with Gasteiger partial charge in [0.15, 0.2) is 4.80 Å². The summed E-state index contributed by atoms with van der Waals surface area (Å²) < 4.78 is 7.26. The maximum absolute atomic E-state index is 9.51. The highest BCUT2D eigenvalue weighted by molar-refractivity contribution is 7.07. The molecule has 0 bridgehead atoms. The van der Waals surface area contributed by atoms with E-state index >= 15 is 0 Å². The zero-order valence-corrected chi connectivity index (χ0v) is 16.2. The van der Waals surface area contributed by atoms with Crippen molar-refractivity contribution in [1.29, 1.82) is 0 Å². The number of rotatable bonds is 6. The summed E-state index contributed by atoms with van der Waals surface area (Å²) in [7, 11) is 1.65. The van der Waals surface area contributed by atoms with E-state index in [1.807, 2.05) is 24.3 Å². The van der Waals surface area contributed by atoms with Gasteiger partial charge in [-0.1, -0.05) is 38.1 Å². The second-order valence-corrected chi connectivity index (χ2v) is 7.20. The summed E-state index contributed by atoms with van der Waals surface area (Å²) in [6.07, 6.45) is 0. The Bertz CT molecular complexity index is 906. The molecule has 5 heteroatoms. The molecule has 1 N–H and O–H groups in total. The molecule has 0 atom stereocenters. The highest BCUT2D eigenvalue weighted by atomic mass is 32.1. The van der Waals surface area contributed by atoms with Gasteiger partial charge in [0.1, 0.15) is 5.75 Å². The number of hydrogen-bond donors (Lipinski definition) is 1. The van der Waals surface area contributed by atoms with Gasteiger partial charge in [0.05, 0.1) is 25.1 Å². The molecule has 0 saturated heterocycles. The molecule has 0 spiro atoms. The molecule has 3 aromatic rings. The predicted molar refractivity (Wildman–Crippen MR) is 107 cm³/mol. The van der Waals surface area contributed by atoms with Crippen LogP contribution in [0.5, 0.6) is 5.75 Å². The van der Waals surface area contributed by atoms with Crippen molar-refractivity contribution in [2.75, 3.05) is 13.7 Å². The van der Waals surface area contributed by atoms with Gasteiger partial charge in [0, 0.05) is 11.9 Å². The van der Waals surface area contributed by atoms with Crippen LogP contribution in [0, 0.1) is 0 Å². The van der Waals surface area contributed by atoms with Crippen molar-refractivity contribution in [1.82, 2.24) is 4.57 Å². The Balaban J connectivity index is 2.01. The van der Waals surface area contributed by atoms with Crippen LogP contribution in [0.3, 0.4) is 0 Å². The molecule has 0 radical (unpaired) electrons. The number of aliphatic hydroxyl groups is 1. The fraction of sp³-hybridized carbons (Fsp3) is 0.286. The van der Waals surface area contributed by atoms with Gasteiger partial charge < -0.3 is 14.4 Å². The minimum Gasteiger partial charge on any atom is -0.497 e. The lowest BCUT2D eigenvalue weighted by Crippen LogP contribution is -2.17. The minimum atomic E-state index is 0.0730. The molecule has 0 aliphatic rings. The number of aliphatic hydroxyl groups excluding tert-OH is 1. The average molecular weight is 369 g/mol. The smallest absolute Gasteiger partial charge is 0.190 e. The topological polar surface area (TPSA) is 46.8 Å². The molecule has 0 saturated carbocycles. The monoisotopic (exact) mass is 368 g/mol. The van der Waals surface area contributed by atoms with Crippen LogP contribution in [0.15, 0.2) is 58.9 Å². The first-order valence-electron chi connectivity index (χ1n) is 8.70. The second kappa shape index (κ2) is 8.34. The maximum atomic E-state index is 9.51. The number of ether oxygens (including phenoxy) is 1. The third kappa shape index (κ3) is 4.06. The molecule has 1 aromatic heterocycles. The lowest BCUT2D eigenvalue weighted by atomic mass is 10.0. The molecule has 136 valence electrons. The number of nitrogens with zero attached hydrogens (tertiary/aromatic N) is 2. The summed E-state index contributed by atoms with van der Waals surface area (Å²) in [6.45, 7) is 4.97. The highest BCUT2D eigenvalue weighted by Gasteiger charge is 2.09. The van der Waals surface area contributed by atoms with E-state index in [-0.39, 0.29) is 6.61 Å². The first kappa shape index (κ1) is 18.4. The molecule has 1 heterocycles. The normalized spacial score (nSPS) is 12.0. The summed E-state index contributed by atoms with van der Waals surface area (Å²) in [5, 5.41) is 11.6. The quantitative estimate of drug-likeness (QED) is 0.693. The third-order valence-electron chi connectivity index (χ3n) is 4.29. The van der Waals surface area contributed by atoms with E-state index in [0.717, 1.165) is 27.5 Å². The lowest BCUT2D eigenvalue weighted by molar-refractivity contribution is 0.275. The number of aromatic nitrogens is 1. The van der Waals surface area contributed by atoms with Crippen LogP contribution in [-0.4, -0.2) is 23.4 Å². The molecule has 0 fully saturated rings. The zero-order valence-electron chi connectivity index (χ0n) is 15.3. The Morgan fingerprint density at radius 1 is 1.08 bits per heavy atom. The third-order valence-corrected chi connectivity index (χ3v) is 5.16. The predicted octanol–water partition coefficient (Wildman–Crippen LogP) is 4.57. The van der Waals surface area contributed by atoms with Gasteiger partial charge in [-0.3, -0.25) is 0 Å². The van der Waals surface area contributed by atoms with Crippen LogP contribution >= 0.6 is 11.3 Å². The number of benzene rings is 2. The zero-order chi connectivity index (χ0) is 18.5. The van der Waals surface area contributed by atoms with Crippen LogP contribution in [-0.2, 0) is 6.54 Å². The summed E-state index contributed by atoms with van der Waals surface area (Å²) in [5.41, 5.74) is 4.39. The maximum Gasteiger partial charge on any atom is 0.190 e. The molecule has 0 aliphatic heterocycles. The van der Waals surface area contributed by atoms with Crippen LogP contribution in [0.25, 0.3) is 11.3 Å². The molecule has 0 aliphatic carbocycles. The minimum absolute atomic E-state index is 0.0730. The molecule has 0 amide bonds. The fourth-order valence-electron chi connectivity index (χ4n) is 2.77. The Labute approximate surface area is 158 Å². The van der Waals surface area contributed by atoms with E-state index in [1.165, 1.54) is 5.56 Å². The fourth-order valence-corrected chi connectivity index (χ4v) is 3.73. The summed E-state index contributed by atoms with van der Waals surface area (Å²) >= 11 is 1.58. The number of hydrogen-bond acceptors (Lipinski definition) is 4. The van der Waals surface area contributed by atoms with Gasteiger partial charge in [0.25, 0.3) is 0 Å². The second-order valence-electron chi connectivity index (χ2n) is 6.37. The molecule has 3 rings (SSSR count). The average Bonchev–Trinajstić information content (AvgIpc) is 3.05. The lowest BCUT2D eigenvalue weighted by Gasteiger charge is -2.10. The SMILES string of the molecule is COc1ccc(N=c2scc(-c3ccc(C(C)C)cc3)n2CCO)cc1. The summed E-state index contributed by atoms with van der Waals surface area (Å²) in [6, 6.07) is 16.3. The Morgan fingerprint density at radius 3 is 2.35 bits per heavy atom. The van der Waals surface area contributed by atoms with Crippen LogP contribution < -0.4 is 9.54 Å². The Kier molecular flexibility index (Phi) is 5.91. The van der Waals surface area contributed by atoms with E-state index in [2.05, 4.69) is 48.1 Å². The van der Waals surface area contributed by atoms with Gasteiger partial charge in [-0.05, 0) is 41.3 Å². The molecule has 26 heavy (non-hydrogen) atoms. The molecular weight excluding hydrogens is 344 g/mol. The Hall–Kier alpha value is -2.37. The van der Waals surface area contributed by atoms with Crippen LogP contribution in [0.1, 0.15) is 25.3 Å². The standard InChI is InChI=1S/C21H24N2O2S/c1-15(2)16-4-6-17(7-5-16)20-14-26-21(23(20)12-13-24)22-18-8-10-19(25-3)11-9-18/h4-11,14-15,24H,12-13H2,1-3H3. The van der Waals surface area contributed by atoms with E-state index in [9.17, 15) is 5.11 Å². The Morgan fingerprint density at radius 2 is 1.77 bits per heavy atom. The van der Waals surface area contributed by atoms with Crippen molar-refractivity contribution in [3.63, 3.8) is 0 Å². The molecule has 2 aromatic carbocycles. The van der Waals surface area contributed by atoms with Crippen molar-refractivity contribution in [2.24, 2.45) is 4.99 Å². The van der Waals surface area contributed by atoms with E-state index in [0.29, 0.717) is 12.5 Å². The van der Waals surface area contributed by atoms with Gasteiger partial charge in [-0.25, -0.2) is 4.99 Å².